The lowest BCUT2D eigenvalue weighted by molar-refractivity contribution is -0.133. The number of hydrogen-bond acceptors (Lipinski definition) is 4. The molecule has 2 rings (SSSR count). The SMILES string of the molecule is CCC1CCC(=O)C(C2COCC(C)N2C(=O)OC(C)(C)C)C1. The highest BCUT2D eigenvalue weighted by atomic mass is 16.6. The molecule has 5 nitrogen and oxygen atoms in total. The van der Waals surface area contributed by atoms with Crippen molar-refractivity contribution in [3.8, 4) is 0 Å². The predicted molar refractivity (Wildman–Crippen MR) is 88.3 cm³/mol. The fourth-order valence-corrected chi connectivity index (χ4v) is 3.67. The molecule has 0 N–H and O–H groups in total. The first-order chi connectivity index (χ1) is 10.7. The molecule has 0 aromatic heterocycles. The molecule has 5 heteroatoms. The second-order valence-electron chi connectivity index (χ2n) is 7.96. The number of hydrogen-bond donors (Lipinski definition) is 0. The number of rotatable bonds is 2. The van der Waals surface area contributed by atoms with Gasteiger partial charge in [-0.05, 0) is 46.5 Å². The Morgan fingerprint density at radius 1 is 1.35 bits per heavy atom. The van der Waals surface area contributed by atoms with Gasteiger partial charge in [-0.25, -0.2) is 4.79 Å². The van der Waals surface area contributed by atoms with Crippen molar-refractivity contribution < 1.29 is 19.1 Å². The van der Waals surface area contributed by atoms with Crippen LogP contribution < -0.4 is 0 Å². The van der Waals surface area contributed by atoms with Crippen molar-refractivity contribution >= 4 is 11.9 Å². The topological polar surface area (TPSA) is 55.8 Å². The van der Waals surface area contributed by atoms with E-state index in [-0.39, 0.29) is 29.9 Å². The van der Waals surface area contributed by atoms with Crippen LogP contribution in [-0.4, -0.2) is 47.7 Å². The average molecular weight is 325 g/mol. The molecule has 0 bridgehead atoms. The van der Waals surface area contributed by atoms with Crippen LogP contribution in [-0.2, 0) is 14.3 Å². The average Bonchev–Trinajstić information content (AvgIpc) is 2.45. The van der Waals surface area contributed by atoms with Crippen LogP contribution in [0.3, 0.4) is 0 Å². The third-order valence-electron chi connectivity index (χ3n) is 4.93. The Labute approximate surface area is 139 Å². The summed E-state index contributed by atoms with van der Waals surface area (Å²) in [6.07, 6.45) is 3.21. The zero-order chi connectivity index (χ0) is 17.2. The highest BCUT2D eigenvalue weighted by molar-refractivity contribution is 5.83. The zero-order valence-corrected chi connectivity index (χ0v) is 15.1. The molecule has 1 saturated heterocycles. The summed E-state index contributed by atoms with van der Waals surface area (Å²) in [6.45, 7) is 10.6. The Balaban J connectivity index is 2.19. The van der Waals surface area contributed by atoms with E-state index in [1.54, 1.807) is 4.90 Å². The minimum Gasteiger partial charge on any atom is -0.444 e. The molecule has 0 radical (unpaired) electrons. The Bertz CT molecular complexity index is 443. The second kappa shape index (κ2) is 7.20. The zero-order valence-electron chi connectivity index (χ0n) is 15.1. The van der Waals surface area contributed by atoms with Gasteiger partial charge in [0.25, 0.3) is 0 Å². The van der Waals surface area contributed by atoms with Crippen LogP contribution >= 0.6 is 0 Å². The molecular weight excluding hydrogens is 294 g/mol. The predicted octanol–water partition coefficient (Wildman–Crippen LogP) is 3.41. The maximum absolute atomic E-state index is 12.7. The third kappa shape index (κ3) is 4.46. The summed E-state index contributed by atoms with van der Waals surface area (Å²) in [6, 6.07) is -0.270. The molecule has 23 heavy (non-hydrogen) atoms. The van der Waals surface area contributed by atoms with Crippen LogP contribution in [0.2, 0.25) is 0 Å². The number of ketones is 1. The highest BCUT2D eigenvalue weighted by Gasteiger charge is 2.43. The van der Waals surface area contributed by atoms with Crippen molar-refractivity contribution in [1.29, 1.82) is 0 Å². The molecule has 2 fully saturated rings. The molecule has 1 heterocycles. The van der Waals surface area contributed by atoms with E-state index in [0.29, 0.717) is 25.6 Å². The van der Waals surface area contributed by atoms with E-state index in [0.717, 1.165) is 19.3 Å². The molecule has 1 saturated carbocycles. The van der Waals surface area contributed by atoms with Gasteiger partial charge in [-0.3, -0.25) is 9.69 Å². The van der Waals surface area contributed by atoms with Crippen LogP contribution in [0.1, 0.15) is 60.3 Å². The molecule has 4 unspecified atom stereocenters. The summed E-state index contributed by atoms with van der Waals surface area (Å²) in [5.41, 5.74) is -0.539. The van der Waals surface area contributed by atoms with Crippen LogP contribution in [0.15, 0.2) is 0 Å². The highest BCUT2D eigenvalue weighted by Crippen LogP contribution is 2.34. The molecular formula is C18H31NO4. The number of morpholine rings is 1. The fraction of sp³-hybridized carbons (Fsp3) is 0.889. The van der Waals surface area contributed by atoms with Crippen molar-refractivity contribution in [3.05, 3.63) is 0 Å². The lowest BCUT2D eigenvalue weighted by Gasteiger charge is -2.45. The van der Waals surface area contributed by atoms with Gasteiger partial charge in [0.15, 0.2) is 0 Å². The van der Waals surface area contributed by atoms with Crippen LogP contribution in [0.5, 0.6) is 0 Å². The molecule has 0 aromatic carbocycles. The number of nitrogens with zero attached hydrogens (tertiary/aromatic N) is 1. The lowest BCUT2D eigenvalue weighted by Crippen LogP contribution is -2.59. The first-order valence-electron chi connectivity index (χ1n) is 8.84. The molecule has 2 aliphatic rings. The summed E-state index contributed by atoms with van der Waals surface area (Å²) < 4.78 is 11.3. The molecule has 0 spiro atoms. The number of ether oxygens (including phenoxy) is 2. The molecule has 1 amide bonds. The quantitative estimate of drug-likeness (QED) is 0.781. The van der Waals surface area contributed by atoms with E-state index in [1.807, 2.05) is 27.7 Å². The van der Waals surface area contributed by atoms with Crippen molar-refractivity contribution in [2.45, 2.75) is 78.0 Å². The van der Waals surface area contributed by atoms with Gasteiger partial charge in [-0.2, -0.15) is 0 Å². The molecule has 1 aliphatic carbocycles. The summed E-state index contributed by atoms with van der Waals surface area (Å²) in [4.78, 5) is 26.9. The maximum Gasteiger partial charge on any atom is 0.410 e. The minimum atomic E-state index is -0.539. The monoisotopic (exact) mass is 325 g/mol. The summed E-state index contributed by atoms with van der Waals surface area (Å²) >= 11 is 0. The Morgan fingerprint density at radius 2 is 2.04 bits per heavy atom. The van der Waals surface area contributed by atoms with Crippen LogP contribution in [0.25, 0.3) is 0 Å². The first kappa shape index (κ1) is 18.2. The van der Waals surface area contributed by atoms with Crippen molar-refractivity contribution in [2.75, 3.05) is 13.2 Å². The largest absolute Gasteiger partial charge is 0.444 e. The summed E-state index contributed by atoms with van der Waals surface area (Å²) in [5.74, 6) is 0.713. The van der Waals surface area contributed by atoms with Crippen molar-refractivity contribution in [3.63, 3.8) is 0 Å². The number of Topliss-reactive ketones (excluding diaryl/α,β-unsaturated/α-hetero) is 1. The van der Waals surface area contributed by atoms with E-state index in [9.17, 15) is 9.59 Å². The Morgan fingerprint density at radius 3 is 2.65 bits per heavy atom. The van der Waals surface area contributed by atoms with Gasteiger partial charge in [0.1, 0.15) is 11.4 Å². The molecule has 1 aliphatic heterocycles. The smallest absolute Gasteiger partial charge is 0.410 e. The Hall–Kier alpha value is -1.10. The number of carbonyl (C=O) groups excluding carboxylic acids is 2. The minimum absolute atomic E-state index is 0.0709. The van der Waals surface area contributed by atoms with E-state index in [1.165, 1.54) is 0 Å². The maximum atomic E-state index is 12.7. The fourth-order valence-electron chi connectivity index (χ4n) is 3.67. The van der Waals surface area contributed by atoms with Crippen LogP contribution in [0.4, 0.5) is 4.79 Å². The van der Waals surface area contributed by atoms with Gasteiger partial charge in [0, 0.05) is 12.3 Å². The number of amides is 1. The molecule has 4 atom stereocenters. The molecule has 132 valence electrons. The van der Waals surface area contributed by atoms with Crippen LogP contribution in [0, 0.1) is 11.8 Å². The third-order valence-corrected chi connectivity index (χ3v) is 4.93. The van der Waals surface area contributed by atoms with E-state index >= 15 is 0 Å². The summed E-state index contributed by atoms with van der Waals surface area (Å²) in [5, 5.41) is 0. The summed E-state index contributed by atoms with van der Waals surface area (Å²) in [7, 11) is 0. The van der Waals surface area contributed by atoms with E-state index in [4.69, 9.17) is 9.47 Å². The molecule has 0 aromatic rings. The number of carbonyl (C=O) groups is 2. The second-order valence-corrected chi connectivity index (χ2v) is 7.96. The van der Waals surface area contributed by atoms with Gasteiger partial charge in [-0.15, -0.1) is 0 Å². The van der Waals surface area contributed by atoms with Crippen molar-refractivity contribution in [1.82, 2.24) is 4.90 Å². The van der Waals surface area contributed by atoms with E-state index in [2.05, 4.69) is 6.92 Å². The first-order valence-corrected chi connectivity index (χ1v) is 8.84. The van der Waals surface area contributed by atoms with Gasteiger partial charge < -0.3 is 9.47 Å². The Kier molecular flexibility index (Phi) is 5.71. The van der Waals surface area contributed by atoms with Gasteiger partial charge in [0.05, 0.1) is 25.3 Å². The normalized spacial score (nSPS) is 32.7. The van der Waals surface area contributed by atoms with Gasteiger partial charge >= 0.3 is 6.09 Å². The van der Waals surface area contributed by atoms with Crippen molar-refractivity contribution in [2.24, 2.45) is 11.8 Å². The van der Waals surface area contributed by atoms with E-state index < -0.39 is 5.60 Å². The standard InChI is InChI=1S/C18H31NO4/c1-6-13-7-8-16(20)14(9-13)15-11-22-10-12(2)19(15)17(21)23-18(3,4)5/h12-15H,6-11H2,1-5H3. The lowest BCUT2D eigenvalue weighted by atomic mass is 9.75. The van der Waals surface area contributed by atoms with Gasteiger partial charge in [-0.1, -0.05) is 13.3 Å². The van der Waals surface area contributed by atoms with Gasteiger partial charge in [0.2, 0.25) is 0 Å².